The topological polar surface area (TPSA) is 17.9 Å². The number of aromatic nitrogens is 1. The molecule has 0 bridgehead atoms. The number of nitrogens with zero attached hydrogens (tertiary/aromatic N) is 5. The van der Waals surface area contributed by atoms with E-state index >= 15 is 0 Å². The van der Waals surface area contributed by atoms with Crippen molar-refractivity contribution in [1.82, 2.24) is 24.2 Å². The lowest BCUT2D eigenvalue weighted by atomic mass is 9.78. The highest BCUT2D eigenvalue weighted by Gasteiger charge is 2.70. The second-order valence-corrected chi connectivity index (χ2v) is 15.9. The van der Waals surface area contributed by atoms with E-state index in [4.69, 9.17) is 0 Å². The fourth-order valence-corrected chi connectivity index (χ4v) is 12.1. The van der Waals surface area contributed by atoms with Gasteiger partial charge in [-0.1, -0.05) is 69.0 Å². The molecule has 1 aromatic heterocycles. The first-order valence-corrected chi connectivity index (χ1v) is 19.3. The normalized spacial score (nSPS) is 35.8. The molecule has 5 nitrogen and oxygen atoms in total. The Morgan fingerprint density at radius 1 is 0.622 bits per heavy atom. The number of para-hydroxylation sites is 2. The first-order chi connectivity index (χ1) is 22.2. The van der Waals surface area contributed by atoms with E-state index in [0.29, 0.717) is 6.04 Å². The van der Waals surface area contributed by atoms with Gasteiger partial charge in [0.05, 0.1) is 0 Å². The van der Waals surface area contributed by atoms with Crippen molar-refractivity contribution in [2.24, 2.45) is 11.8 Å². The summed E-state index contributed by atoms with van der Waals surface area (Å²) in [5, 5.41) is 2.81. The molecule has 0 amide bonds. The Balaban J connectivity index is 1.00. The largest absolute Gasteiger partial charge is 0.338 e. The summed E-state index contributed by atoms with van der Waals surface area (Å²) in [5.74, 6) is 1.72. The molecular weight excluding hydrogens is 550 g/mol. The van der Waals surface area contributed by atoms with Crippen molar-refractivity contribution >= 4 is 21.8 Å². The second kappa shape index (κ2) is 11.6. The van der Waals surface area contributed by atoms with Gasteiger partial charge in [0.25, 0.3) is 0 Å². The van der Waals surface area contributed by atoms with Crippen LogP contribution in [-0.2, 0) is 0 Å². The van der Waals surface area contributed by atoms with Gasteiger partial charge in [0.2, 0.25) is 0 Å². The molecule has 0 N–H and O–H groups in total. The third-order valence-electron chi connectivity index (χ3n) is 13.9. The first-order valence-electron chi connectivity index (χ1n) is 19.3. The summed E-state index contributed by atoms with van der Waals surface area (Å²) in [6.07, 6.45) is 19.6. The van der Waals surface area contributed by atoms with Crippen LogP contribution >= 0.6 is 0 Å². The van der Waals surface area contributed by atoms with Crippen molar-refractivity contribution in [2.75, 3.05) is 26.2 Å². The molecule has 7 heterocycles. The minimum atomic E-state index is 0.0825. The summed E-state index contributed by atoms with van der Waals surface area (Å²) in [6, 6.07) is 21.8. The average molecular weight is 608 g/mol. The fraction of sp³-hybridized carbons (Fsp3) is 0.700. The van der Waals surface area contributed by atoms with Crippen LogP contribution in [-0.4, -0.2) is 80.4 Å². The highest BCUT2D eigenvalue weighted by atomic mass is 15.8. The smallest absolute Gasteiger partial charge is 0.193 e. The minimum Gasteiger partial charge on any atom is -0.338 e. The molecule has 0 saturated carbocycles. The molecule has 6 saturated heterocycles. The summed E-state index contributed by atoms with van der Waals surface area (Å²) in [5.41, 5.74) is 2.81. The van der Waals surface area contributed by atoms with E-state index < -0.39 is 0 Å². The molecule has 7 atom stereocenters. The van der Waals surface area contributed by atoms with Crippen LogP contribution in [0.4, 0.5) is 0 Å². The Kier molecular flexibility index (Phi) is 7.57. The molecule has 5 heteroatoms. The maximum absolute atomic E-state index is 3.19. The van der Waals surface area contributed by atoms with E-state index in [0.717, 1.165) is 36.0 Å². The molecule has 6 aliphatic rings. The number of benzene rings is 2. The quantitative estimate of drug-likeness (QED) is 0.280. The molecule has 242 valence electrons. The van der Waals surface area contributed by atoms with E-state index in [-0.39, 0.29) is 5.91 Å². The van der Waals surface area contributed by atoms with Gasteiger partial charge in [0, 0.05) is 78.2 Å². The number of fused-ring (bicyclic) bond motifs is 13. The zero-order valence-corrected chi connectivity index (χ0v) is 28.1. The van der Waals surface area contributed by atoms with Crippen LogP contribution in [0.15, 0.2) is 48.5 Å². The summed E-state index contributed by atoms with van der Waals surface area (Å²) in [6.45, 7) is 10.3. The zero-order valence-electron chi connectivity index (χ0n) is 28.1. The van der Waals surface area contributed by atoms with Gasteiger partial charge in [-0.2, -0.15) is 0 Å². The fourth-order valence-electron chi connectivity index (χ4n) is 12.1. The predicted molar refractivity (Wildman–Crippen MR) is 186 cm³/mol. The van der Waals surface area contributed by atoms with E-state index in [1.807, 2.05) is 0 Å². The Morgan fingerprint density at radius 2 is 1.13 bits per heavy atom. The molecule has 45 heavy (non-hydrogen) atoms. The van der Waals surface area contributed by atoms with Crippen molar-refractivity contribution in [3.05, 3.63) is 48.5 Å². The SMILES string of the molecule is CCC(CCC(C)n1c2ccccc2c2ccccc21)C1CCC2C3CCCCN3C3(N4CCCCC4C4CCCCN43)N2C1. The molecule has 7 unspecified atom stereocenters. The second-order valence-electron chi connectivity index (χ2n) is 15.9. The Labute approximate surface area is 271 Å². The Hall–Kier alpha value is -1.92. The van der Waals surface area contributed by atoms with Crippen LogP contribution in [0.5, 0.6) is 0 Å². The van der Waals surface area contributed by atoms with Gasteiger partial charge in [0.15, 0.2) is 5.91 Å². The molecule has 3 aromatic rings. The Morgan fingerprint density at radius 3 is 1.67 bits per heavy atom. The summed E-state index contributed by atoms with van der Waals surface area (Å²) in [7, 11) is 0. The van der Waals surface area contributed by atoms with Crippen LogP contribution in [0, 0.1) is 11.8 Å². The summed E-state index contributed by atoms with van der Waals surface area (Å²) < 4.78 is 2.66. The molecule has 6 fully saturated rings. The Bertz CT molecular complexity index is 1420. The molecule has 9 rings (SSSR count). The lowest BCUT2D eigenvalue weighted by Crippen LogP contribution is -2.73. The summed E-state index contributed by atoms with van der Waals surface area (Å²) >= 11 is 0. The number of rotatable bonds is 6. The van der Waals surface area contributed by atoms with Gasteiger partial charge in [0.1, 0.15) is 0 Å². The van der Waals surface area contributed by atoms with Gasteiger partial charge in [-0.15, -0.1) is 0 Å². The van der Waals surface area contributed by atoms with Gasteiger partial charge in [-0.25, -0.2) is 0 Å². The lowest BCUT2D eigenvalue weighted by Gasteiger charge is -2.56. The highest BCUT2D eigenvalue weighted by molar-refractivity contribution is 6.08. The van der Waals surface area contributed by atoms with Crippen molar-refractivity contribution in [3.63, 3.8) is 0 Å². The van der Waals surface area contributed by atoms with Crippen LogP contribution in [0.3, 0.4) is 0 Å². The number of hydrogen-bond acceptors (Lipinski definition) is 4. The van der Waals surface area contributed by atoms with Crippen LogP contribution in [0.25, 0.3) is 21.8 Å². The zero-order chi connectivity index (χ0) is 30.1. The third kappa shape index (κ3) is 4.32. The minimum absolute atomic E-state index is 0.0825. The lowest BCUT2D eigenvalue weighted by molar-refractivity contribution is -0.218. The van der Waals surface area contributed by atoms with Crippen molar-refractivity contribution in [1.29, 1.82) is 0 Å². The average Bonchev–Trinajstić information content (AvgIpc) is 3.70. The molecule has 2 aromatic carbocycles. The number of piperidine rings is 4. The molecule has 0 aliphatic carbocycles. The van der Waals surface area contributed by atoms with E-state index in [2.05, 4.69) is 86.5 Å². The molecule has 6 aliphatic heterocycles. The van der Waals surface area contributed by atoms with Gasteiger partial charge in [-0.05, 0) is 95.1 Å². The molecular formula is C40H57N5. The predicted octanol–water partition coefficient (Wildman–Crippen LogP) is 8.44. The van der Waals surface area contributed by atoms with Gasteiger partial charge in [-0.3, -0.25) is 19.6 Å². The monoisotopic (exact) mass is 607 g/mol. The standard InChI is InChI=1S/C40H57N5/c1-3-30(22-21-29(2)45-34-16-6-4-14-32(34)33-15-5-7-17-35(33)45)31-23-24-39-38-20-10-13-27-43(38)40(44(39)28-31)41-25-11-8-18-36(41)37-19-9-12-26-42(37)40/h4-7,14-17,29-31,36-39H,3,8-13,18-28H2,1-2H3. The van der Waals surface area contributed by atoms with Gasteiger partial charge < -0.3 is 4.57 Å². The van der Waals surface area contributed by atoms with E-state index in [9.17, 15) is 0 Å². The number of hydrogen-bond donors (Lipinski definition) is 0. The maximum atomic E-state index is 3.19. The van der Waals surface area contributed by atoms with Crippen LogP contribution in [0.1, 0.15) is 110 Å². The molecule has 0 radical (unpaired) electrons. The van der Waals surface area contributed by atoms with Crippen molar-refractivity contribution in [2.45, 2.75) is 140 Å². The van der Waals surface area contributed by atoms with E-state index in [1.165, 1.54) is 138 Å². The first kappa shape index (κ1) is 29.2. The van der Waals surface area contributed by atoms with Gasteiger partial charge >= 0.3 is 0 Å². The van der Waals surface area contributed by atoms with E-state index in [1.54, 1.807) is 0 Å². The van der Waals surface area contributed by atoms with Crippen molar-refractivity contribution in [3.8, 4) is 0 Å². The van der Waals surface area contributed by atoms with Crippen molar-refractivity contribution < 1.29 is 0 Å². The molecule has 1 spiro atoms. The van der Waals surface area contributed by atoms with Crippen LogP contribution in [0.2, 0.25) is 0 Å². The highest BCUT2D eigenvalue weighted by Crippen LogP contribution is 2.56. The van der Waals surface area contributed by atoms with Crippen LogP contribution < -0.4 is 0 Å². The maximum Gasteiger partial charge on any atom is 0.193 e. The third-order valence-corrected chi connectivity index (χ3v) is 13.9. The summed E-state index contributed by atoms with van der Waals surface area (Å²) in [4.78, 5) is 12.6.